The molecule has 2 aromatic rings. The van der Waals surface area contributed by atoms with Gasteiger partial charge in [-0.3, -0.25) is 4.79 Å². The lowest BCUT2D eigenvalue weighted by Crippen LogP contribution is -2.29. The summed E-state index contributed by atoms with van der Waals surface area (Å²) in [7, 11) is 1.49. The zero-order chi connectivity index (χ0) is 20.1. The number of anilines is 1. The van der Waals surface area contributed by atoms with E-state index in [4.69, 9.17) is 4.74 Å². The van der Waals surface area contributed by atoms with Gasteiger partial charge in [0.25, 0.3) is 0 Å². The van der Waals surface area contributed by atoms with Gasteiger partial charge in [-0.1, -0.05) is 6.42 Å². The molecule has 1 aromatic carbocycles. The summed E-state index contributed by atoms with van der Waals surface area (Å²) in [4.78, 5) is 28.3. The molecule has 0 saturated heterocycles. The van der Waals surface area contributed by atoms with Gasteiger partial charge in [0.15, 0.2) is 0 Å². The molecule has 0 aliphatic heterocycles. The Morgan fingerprint density at radius 2 is 2.07 bits per heavy atom. The third kappa shape index (κ3) is 4.94. The second-order valence-corrected chi connectivity index (χ2v) is 7.40. The summed E-state index contributed by atoms with van der Waals surface area (Å²) < 4.78 is 18.7. The van der Waals surface area contributed by atoms with Crippen molar-refractivity contribution in [3.05, 3.63) is 42.3 Å². The van der Waals surface area contributed by atoms with Gasteiger partial charge in [0.2, 0.25) is 5.91 Å². The standard InChI is InChI=1S/C22H25FN2O3/c1-14(26)10-15-4-3-5-17(11-15)22(27)25-21-12-16(8-9-24-21)19-7-6-18(23)13-20(19)28-2/h6-9,12-13,15,17H,3-5,10-11H2,1-2H3,(H,24,25,27)/t15-,17-/m1/s1. The second-order valence-electron chi connectivity index (χ2n) is 7.40. The van der Waals surface area contributed by atoms with Crippen LogP contribution in [0.4, 0.5) is 10.2 Å². The van der Waals surface area contributed by atoms with Crippen LogP contribution >= 0.6 is 0 Å². The summed E-state index contributed by atoms with van der Waals surface area (Å²) in [5, 5.41) is 2.89. The molecule has 1 heterocycles. The highest BCUT2D eigenvalue weighted by atomic mass is 19.1. The lowest BCUT2D eigenvalue weighted by Gasteiger charge is -2.27. The minimum absolute atomic E-state index is 0.0658. The number of nitrogens with one attached hydrogen (secondary N) is 1. The van der Waals surface area contributed by atoms with Crippen molar-refractivity contribution in [2.45, 2.75) is 39.0 Å². The molecule has 1 aliphatic carbocycles. The number of Topliss-reactive ketones (excluding diaryl/α,β-unsaturated/α-hetero) is 1. The van der Waals surface area contributed by atoms with Gasteiger partial charge in [-0.2, -0.15) is 0 Å². The van der Waals surface area contributed by atoms with Crippen molar-refractivity contribution < 1.29 is 18.7 Å². The van der Waals surface area contributed by atoms with Crippen molar-refractivity contribution in [1.29, 1.82) is 0 Å². The number of amides is 1. The third-order valence-corrected chi connectivity index (χ3v) is 5.22. The molecule has 28 heavy (non-hydrogen) atoms. The van der Waals surface area contributed by atoms with E-state index in [9.17, 15) is 14.0 Å². The van der Waals surface area contributed by atoms with E-state index >= 15 is 0 Å². The molecule has 0 bridgehead atoms. The summed E-state index contributed by atoms with van der Waals surface area (Å²) in [6.45, 7) is 1.60. The number of ketones is 1. The van der Waals surface area contributed by atoms with Crippen LogP contribution in [0.1, 0.15) is 39.0 Å². The summed E-state index contributed by atoms with van der Waals surface area (Å²) in [5.74, 6) is 0.775. The Bertz CT molecular complexity index is 869. The minimum Gasteiger partial charge on any atom is -0.496 e. The molecular formula is C22H25FN2O3. The first-order valence-corrected chi connectivity index (χ1v) is 9.56. The highest BCUT2D eigenvalue weighted by molar-refractivity contribution is 5.92. The Morgan fingerprint density at radius 3 is 2.82 bits per heavy atom. The Morgan fingerprint density at radius 1 is 1.25 bits per heavy atom. The number of carbonyl (C=O) groups is 2. The summed E-state index contributed by atoms with van der Waals surface area (Å²) in [6, 6.07) is 7.87. The number of nitrogens with zero attached hydrogens (tertiary/aromatic N) is 1. The zero-order valence-corrected chi connectivity index (χ0v) is 16.2. The van der Waals surface area contributed by atoms with E-state index in [1.807, 2.05) is 0 Å². The van der Waals surface area contributed by atoms with Crippen LogP contribution in [0, 0.1) is 17.7 Å². The number of pyridine rings is 1. The number of carbonyl (C=O) groups excluding carboxylic acids is 2. The molecule has 2 atom stereocenters. The molecule has 0 radical (unpaired) electrons. The average molecular weight is 384 g/mol. The molecule has 1 aliphatic rings. The molecule has 1 amide bonds. The van der Waals surface area contributed by atoms with Gasteiger partial charge in [-0.05, 0) is 61.9 Å². The van der Waals surface area contributed by atoms with Crippen molar-refractivity contribution in [2.24, 2.45) is 11.8 Å². The number of hydrogen-bond donors (Lipinski definition) is 1. The molecule has 6 heteroatoms. The molecule has 3 rings (SSSR count). The van der Waals surface area contributed by atoms with Crippen LogP contribution in [0.15, 0.2) is 36.5 Å². The van der Waals surface area contributed by atoms with Crippen molar-refractivity contribution in [3.63, 3.8) is 0 Å². The lowest BCUT2D eigenvalue weighted by atomic mass is 9.79. The van der Waals surface area contributed by atoms with Crippen molar-refractivity contribution in [3.8, 4) is 16.9 Å². The highest BCUT2D eigenvalue weighted by Gasteiger charge is 2.28. The van der Waals surface area contributed by atoms with Crippen molar-refractivity contribution in [2.75, 3.05) is 12.4 Å². The summed E-state index contributed by atoms with van der Waals surface area (Å²) in [5.41, 5.74) is 1.50. The largest absolute Gasteiger partial charge is 0.496 e. The van der Waals surface area contributed by atoms with Crippen LogP contribution in [0.2, 0.25) is 0 Å². The van der Waals surface area contributed by atoms with Gasteiger partial charge in [0.05, 0.1) is 7.11 Å². The topological polar surface area (TPSA) is 68.3 Å². The van der Waals surface area contributed by atoms with Crippen LogP contribution in [-0.2, 0) is 9.59 Å². The van der Waals surface area contributed by atoms with Crippen molar-refractivity contribution in [1.82, 2.24) is 4.98 Å². The van der Waals surface area contributed by atoms with E-state index in [1.54, 1.807) is 31.3 Å². The fourth-order valence-corrected chi connectivity index (χ4v) is 3.92. The molecule has 1 fully saturated rings. The maximum absolute atomic E-state index is 13.4. The van der Waals surface area contributed by atoms with Crippen LogP contribution in [0.25, 0.3) is 11.1 Å². The number of ether oxygens (including phenoxy) is 1. The smallest absolute Gasteiger partial charge is 0.228 e. The second kappa shape index (κ2) is 8.95. The Balaban J connectivity index is 1.72. The number of benzene rings is 1. The number of halogens is 1. The summed E-state index contributed by atoms with van der Waals surface area (Å²) >= 11 is 0. The van der Waals surface area contributed by atoms with Gasteiger partial charge in [-0.15, -0.1) is 0 Å². The Labute approximate surface area is 164 Å². The van der Waals surface area contributed by atoms with Crippen LogP contribution in [-0.4, -0.2) is 23.8 Å². The average Bonchev–Trinajstić information content (AvgIpc) is 2.67. The quantitative estimate of drug-likeness (QED) is 0.789. The SMILES string of the molecule is COc1cc(F)ccc1-c1ccnc(NC(=O)[C@@H]2CCC[C@H](CC(C)=O)C2)c1. The van der Waals surface area contributed by atoms with Crippen LogP contribution < -0.4 is 10.1 Å². The van der Waals surface area contributed by atoms with E-state index in [0.717, 1.165) is 36.8 Å². The predicted octanol–water partition coefficient (Wildman–Crippen LogP) is 4.62. The van der Waals surface area contributed by atoms with Gasteiger partial charge >= 0.3 is 0 Å². The Hall–Kier alpha value is -2.76. The highest BCUT2D eigenvalue weighted by Crippen LogP contribution is 2.33. The minimum atomic E-state index is -0.374. The zero-order valence-electron chi connectivity index (χ0n) is 16.2. The van der Waals surface area contributed by atoms with Crippen LogP contribution in [0.5, 0.6) is 5.75 Å². The molecule has 1 aromatic heterocycles. The van der Waals surface area contributed by atoms with E-state index in [2.05, 4.69) is 10.3 Å². The van der Waals surface area contributed by atoms with E-state index in [0.29, 0.717) is 18.0 Å². The summed E-state index contributed by atoms with van der Waals surface area (Å²) in [6.07, 6.45) is 5.66. The first-order chi connectivity index (χ1) is 13.5. The third-order valence-electron chi connectivity index (χ3n) is 5.22. The molecule has 5 nitrogen and oxygen atoms in total. The van der Waals surface area contributed by atoms with E-state index < -0.39 is 0 Å². The molecule has 148 valence electrons. The molecular weight excluding hydrogens is 359 g/mol. The predicted molar refractivity (Wildman–Crippen MR) is 106 cm³/mol. The van der Waals surface area contributed by atoms with E-state index in [-0.39, 0.29) is 29.3 Å². The van der Waals surface area contributed by atoms with Crippen molar-refractivity contribution >= 4 is 17.5 Å². The first-order valence-electron chi connectivity index (χ1n) is 9.56. The van der Waals surface area contributed by atoms with E-state index in [1.165, 1.54) is 19.2 Å². The maximum atomic E-state index is 13.4. The monoisotopic (exact) mass is 384 g/mol. The fourth-order valence-electron chi connectivity index (χ4n) is 3.92. The number of rotatable bonds is 6. The van der Waals surface area contributed by atoms with Crippen LogP contribution in [0.3, 0.4) is 0 Å². The van der Waals surface area contributed by atoms with Gasteiger partial charge in [-0.25, -0.2) is 9.37 Å². The maximum Gasteiger partial charge on any atom is 0.228 e. The number of aromatic nitrogens is 1. The molecule has 0 spiro atoms. The number of methoxy groups -OCH3 is 1. The lowest BCUT2D eigenvalue weighted by molar-refractivity contribution is -0.123. The molecule has 1 N–H and O–H groups in total. The number of hydrogen-bond acceptors (Lipinski definition) is 4. The van der Waals surface area contributed by atoms with Gasteiger partial charge < -0.3 is 14.8 Å². The Kier molecular flexibility index (Phi) is 6.39. The first kappa shape index (κ1) is 20.0. The fraction of sp³-hybridized carbons (Fsp3) is 0.409. The molecule has 1 saturated carbocycles. The molecule has 0 unspecified atom stereocenters. The van der Waals surface area contributed by atoms with Gasteiger partial charge in [0.1, 0.15) is 23.2 Å². The normalized spacial score (nSPS) is 19.1. The van der Waals surface area contributed by atoms with Gasteiger partial charge in [0, 0.05) is 30.2 Å².